The molecule has 112 valence electrons. The molecule has 1 saturated carbocycles. The van der Waals surface area contributed by atoms with Crippen LogP contribution in [0.5, 0.6) is 0 Å². The van der Waals surface area contributed by atoms with Crippen molar-refractivity contribution >= 4 is 12.0 Å². The van der Waals surface area contributed by atoms with Crippen molar-refractivity contribution in [2.24, 2.45) is 5.92 Å². The highest BCUT2D eigenvalue weighted by atomic mass is 16.5. The summed E-state index contributed by atoms with van der Waals surface area (Å²) in [5.41, 5.74) is 1.23. The number of carboxylic acids is 1. The van der Waals surface area contributed by atoms with Crippen LogP contribution in [0.1, 0.15) is 25.7 Å². The van der Waals surface area contributed by atoms with Crippen LogP contribution in [0, 0.1) is 5.92 Å². The average Bonchev–Trinajstić information content (AvgIpc) is 2.88. The molecule has 2 rings (SSSR count). The van der Waals surface area contributed by atoms with Crippen LogP contribution in [0.15, 0.2) is 11.6 Å². The minimum Gasteiger partial charge on any atom is -0.481 e. The number of ether oxygens (including phenoxy) is 1. The molecule has 1 aliphatic heterocycles. The first-order chi connectivity index (χ1) is 9.60. The molecule has 2 atom stereocenters. The van der Waals surface area contributed by atoms with Crippen LogP contribution in [-0.2, 0) is 9.53 Å². The van der Waals surface area contributed by atoms with Crippen molar-refractivity contribution in [3.8, 4) is 0 Å². The van der Waals surface area contributed by atoms with Crippen molar-refractivity contribution in [2.75, 3.05) is 26.8 Å². The van der Waals surface area contributed by atoms with Crippen LogP contribution in [0.4, 0.5) is 4.79 Å². The van der Waals surface area contributed by atoms with Crippen LogP contribution in [0.2, 0.25) is 0 Å². The highest BCUT2D eigenvalue weighted by molar-refractivity contribution is 5.75. The van der Waals surface area contributed by atoms with Gasteiger partial charge in [-0.15, -0.1) is 0 Å². The number of nitrogens with one attached hydrogen (secondary N) is 1. The summed E-state index contributed by atoms with van der Waals surface area (Å²) in [5, 5.41) is 11.9. The Bertz CT molecular complexity index is 408. The second-order valence-corrected chi connectivity index (χ2v) is 5.49. The summed E-state index contributed by atoms with van der Waals surface area (Å²) in [7, 11) is 1.67. The number of urea groups is 1. The molecule has 6 heteroatoms. The molecular formula is C14H22N2O4. The number of hydrogen-bond acceptors (Lipinski definition) is 3. The fourth-order valence-corrected chi connectivity index (χ4v) is 2.81. The van der Waals surface area contributed by atoms with Crippen LogP contribution in [0.25, 0.3) is 0 Å². The van der Waals surface area contributed by atoms with E-state index in [4.69, 9.17) is 9.84 Å². The van der Waals surface area contributed by atoms with E-state index in [0.717, 1.165) is 12.8 Å². The summed E-state index contributed by atoms with van der Waals surface area (Å²) in [5.74, 6) is -1.07. The molecule has 1 heterocycles. The molecule has 1 aliphatic carbocycles. The van der Waals surface area contributed by atoms with Crippen molar-refractivity contribution in [3.63, 3.8) is 0 Å². The zero-order chi connectivity index (χ0) is 14.5. The first-order valence-corrected chi connectivity index (χ1v) is 7.05. The summed E-state index contributed by atoms with van der Waals surface area (Å²) in [6.07, 6.45) is 4.81. The molecule has 0 spiro atoms. The fourth-order valence-electron chi connectivity index (χ4n) is 2.81. The Hall–Kier alpha value is -1.56. The number of aliphatic carboxylic acids is 1. The van der Waals surface area contributed by atoms with Gasteiger partial charge in [-0.05, 0) is 31.3 Å². The van der Waals surface area contributed by atoms with Gasteiger partial charge < -0.3 is 20.1 Å². The molecule has 20 heavy (non-hydrogen) atoms. The Labute approximate surface area is 118 Å². The van der Waals surface area contributed by atoms with E-state index in [1.54, 1.807) is 12.0 Å². The number of nitrogens with zero attached hydrogens (tertiary/aromatic N) is 1. The standard InChI is InChI=1S/C14H22N2O4/c1-20-9-10-4-6-16(7-5-10)14(19)15-12-3-2-11(8-12)13(17)18/h4,11-12H,2-3,5-9H2,1H3,(H,15,19)(H,17,18)/t11-,12+/m1/s1. The fraction of sp³-hybridized carbons (Fsp3) is 0.714. The van der Waals surface area contributed by atoms with E-state index in [1.165, 1.54) is 5.57 Å². The van der Waals surface area contributed by atoms with Gasteiger partial charge >= 0.3 is 12.0 Å². The summed E-state index contributed by atoms with van der Waals surface area (Å²) in [6.45, 7) is 1.91. The summed E-state index contributed by atoms with van der Waals surface area (Å²) >= 11 is 0. The van der Waals surface area contributed by atoms with Crippen molar-refractivity contribution in [2.45, 2.75) is 31.7 Å². The largest absolute Gasteiger partial charge is 0.481 e. The van der Waals surface area contributed by atoms with E-state index in [2.05, 4.69) is 5.32 Å². The van der Waals surface area contributed by atoms with E-state index in [1.807, 2.05) is 6.08 Å². The van der Waals surface area contributed by atoms with Crippen molar-refractivity contribution in [3.05, 3.63) is 11.6 Å². The van der Waals surface area contributed by atoms with Crippen LogP contribution in [-0.4, -0.2) is 54.9 Å². The van der Waals surface area contributed by atoms with Gasteiger partial charge in [0.05, 0.1) is 12.5 Å². The zero-order valence-electron chi connectivity index (χ0n) is 11.8. The van der Waals surface area contributed by atoms with Gasteiger partial charge in [0.15, 0.2) is 0 Å². The van der Waals surface area contributed by atoms with Gasteiger partial charge in [0.2, 0.25) is 0 Å². The van der Waals surface area contributed by atoms with E-state index in [-0.39, 0.29) is 18.0 Å². The van der Waals surface area contributed by atoms with E-state index < -0.39 is 5.97 Å². The average molecular weight is 282 g/mol. The van der Waals surface area contributed by atoms with Gasteiger partial charge in [0.1, 0.15) is 0 Å². The molecule has 0 aromatic carbocycles. The number of methoxy groups -OCH3 is 1. The molecule has 2 amide bonds. The maximum Gasteiger partial charge on any atom is 0.317 e. The van der Waals surface area contributed by atoms with Crippen molar-refractivity contribution < 1.29 is 19.4 Å². The van der Waals surface area contributed by atoms with Gasteiger partial charge in [0, 0.05) is 26.2 Å². The van der Waals surface area contributed by atoms with Crippen LogP contribution in [0.3, 0.4) is 0 Å². The van der Waals surface area contributed by atoms with Gasteiger partial charge in [-0.2, -0.15) is 0 Å². The smallest absolute Gasteiger partial charge is 0.317 e. The minimum absolute atomic E-state index is 0.00653. The normalized spacial score (nSPS) is 26.2. The van der Waals surface area contributed by atoms with Crippen molar-refractivity contribution in [1.82, 2.24) is 10.2 Å². The molecule has 0 aromatic rings. The number of rotatable bonds is 4. The lowest BCUT2D eigenvalue weighted by molar-refractivity contribution is -0.141. The molecule has 2 N–H and O–H groups in total. The molecule has 0 bridgehead atoms. The van der Waals surface area contributed by atoms with E-state index in [0.29, 0.717) is 32.5 Å². The molecule has 0 saturated heterocycles. The molecular weight excluding hydrogens is 260 g/mol. The van der Waals surface area contributed by atoms with Gasteiger partial charge in [-0.25, -0.2) is 4.79 Å². The highest BCUT2D eigenvalue weighted by Crippen LogP contribution is 2.25. The highest BCUT2D eigenvalue weighted by Gasteiger charge is 2.31. The van der Waals surface area contributed by atoms with Gasteiger partial charge in [-0.3, -0.25) is 4.79 Å². The summed E-state index contributed by atoms with van der Waals surface area (Å²) in [6, 6.07) is -0.0956. The number of amides is 2. The molecule has 6 nitrogen and oxygen atoms in total. The Morgan fingerprint density at radius 2 is 2.30 bits per heavy atom. The first kappa shape index (κ1) is 14.8. The SMILES string of the molecule is COCC1=CCN(C(=O)N[C@H]2CC[C@@H](C(=O)O)C2)CC1. The topological polar surface area (TPSA) is 78.9 Å². The van der Waals surface area contributed by atoms with Crippen LogP contribution >= 0.6 is 0 Å². The van der Waals surface area contributed by atoms with E-state index in [9.17, 15) is 9.59 Å². The number of carboxylic acid groups (broad SMARTS) is 1. The molecule has 0 radical (unpaired) electrons. The second-order valence-electron chi connectivity index (χ2n) is 5.49. The molecule has 1 fully saturated rings. The lowest BCUT2D eigenvalue weighted by Gasteiger charge is -2.28. The Morgan fingerprint density at radius 1 is 1.50 bits per heavy atom. The lowest BCUT2D eigenvalue weighted by atomic mass is 10.1. The predicted octanol–water partition coefficient (Wildman–Crippen LogP) is 1.23. The number of hydrogen-bond donors (Lipinski definition) is 2. The number of carbonyl (C=O) groups is 2. The van der Waals surface area contributed by atoms with Crippen LogP contribution < -0.4 is 5.32 Å². The Morgan fingerprint density at radius 3 is 2.85 bits per heavy atom. The van der Waals surface area contributed by atoms with Gasteiger partial charge in [0.25, 0.3) is 0 Å². The second kappa shape index (κ2) is 6.74. The maximum absolute atomic E-state index is 12.1. The maximum atomic E-state index is 12.1. The van der Waals surface area contributed by atoms with Gasteiger partial charge in [-0.1, -0.05) is 6.08 Å². The third kappa shape index (κ3) is 3.72. The predicted molar refractivity (Wildman–Crippen MR) is 73.4 cm³/mol. The minimum atomic E-state index is -0.758. The van der Waals surface area contributed by atoms with E-state index >= 15 is 0 Å². The number of carbonyl (C=O) groups excluding carboxylic acids is 1. The quantitative estimate of drug-likeness (QED) is 0.760. The van der Waals surface area contributed by atoms with Crippen molar-refractivity contribution in [1.29, 1.82) is 0 Å². The summed E-state index contributed by atoms with van der Waals surface area (Å²) < 4.78 is 5.08. The summed E-state index contributed by atoms with van der Waals surface area (Å²) in [4.78, 5) is 24.7. The molecule has 0 aromatic heterocycles. The zero-order valence-corrected chi connectivity index (χ0v) is 11.8. The monoisotopic (exact) mass is 282 g/mol. The molecule has 2 aliphatic rings. The molecule has 0 unspecified atom stereocenters. The Kier molecular flexibility index (Phi) is 5.00. The Balaban J connectivity index is 1.78. The lowest BCUT2D eigenvalue weighted by Crippen LogP contribution is -2.46. The third-order valence-electron chi connectivity index (χ3n) is 4.03. The first-order valence-electron chi connectivity index (χ1n) is 7.05. The third-order valence-corrected chi connectivity index (χ3v) is 4.03.